The molecular weight excluding hydrogens is 262 g/mol. The minimum atomic E-state index is -0.112. The first-order valence-corrected chi connectivity index (χ1v) is 7.12. The molecule has 0 fully saturated rings. The van der Waals surface area contributed by atoms with Gasteiger partial charge in [0, 0.05) is 24.4 Å². The predicted octanol–water partition coefficient (Wildman–Crippen LogP) is 1.64. The molecule has 0 bridgehead atoms. The zero-order valence-corrected chi connectivity index (χ0v) is 12.0. The number of aliphatic hydroxyl groups is 1. The molecule has 1 aromatic heterocycles. The zero-order valence-electron chi connectivity index (χ0n) is 11.2. The maximum atomic E-state index is 11.9. The Morgan fingerprint density at radius 2 is 2.42 bits per heavy atom. The normalized spacial score (nSPS) is 11.5. The zero-order chi connectivity index (χ0) is 14.1. The summed E-state index contributed by atoms with van der Waals surface area (Å²) in [5.74, 6) is 5.63. The number of nitrogens with one attached hydrogen (secondary N) is 1. The maximum absolute atomic E-state index is 11.9. The van der Waals surface area contributed by atoms with Gasteiger partial charge in [-0.15, -0.1) is 11.3 Å². The van der Waals surface area contributed by atoms with Gasteiger partial charge in [0.2, 0.25) is 0 Å². The molecule has 1 heterocycles. The van der Waals surface area contributed by atoms with E-state index < -0.39 is 0 Å². The molecule has 0 radical (unpaired) electrons. The van der Waals surface area contributed by atoms with Crippen molar-refractivity contribution >= 4 is 17.2 Å². The average Bonchev–Trinajstić information content (AvgIpc) is 2.85. The number of thiophene rings is 1. The third-order valence-electron chi connectivity index (χ3n) is 2.26. The fraction of sp³-hybridized carbons (Fsp3) is 0.500. The van der Waals surface area contributed by atoms with Crippen LogP contribution in [0.3, 0.4) is 0 Å². The lowest BCUT2D eigenvalue weighted by Crippen LogP contribution is -2.35. The van der Waals surface area contributed by atoms with Gasteiger partial charge in [-0.1, -0.05) is 11.8 Å². The van der Waals surface area contributed by atoms with Crippen molar-refractivity contribution in [2.45, 2.75) is 26.3 Å². The fourth-order valence-corrected chi connectivity index (χ4v) is 2.12. The van der Waals surface area contributed by atoms with Gasteiger partial charge in [-0.25, -0.2) is 0 Å². The van der Waals surface area contributed by atoms with Crippen LogP contribution in [0.2, 0.25) is 0 Å². The lowest BCUT2D eigenvalue weighted by atomic mass is 10.2. The SMILES string of the molecule is CCOCC(C)NC(=O)c1csc(C#CCCO)c1. The number of aliphatic hydroxyl groups excluding tert-OH is 1. The summed E-state index contributed by atoms with van der Waals surface area (Å²) in [6.45, 7) is 5.03. The number of hydrogen-bond acceptors (Lipinski definition) is 4. The molecule has 0 aliphatic rings. The largest absolute Gasteiger partial charge is 0.395 e. The van der Waals surface area contributed by atoms with Crippen molar-refractivity contribution in [2.24, 2.45) is 0 Å². The molecule has 0 saturated carbocycles. The van der Waals surface area contributed by atoms with E-state index in [1.165, 1.54) is 11.3 Å². The third kappa shape index (κ3) is 5.88. The molecule has 1 amide bonds. The molecule has 2 N–H and O–H groups in total. The van der Waals surface area contributed by atoms with Crippen LogP contribution in [0.25, 0.3) is 0 Å². The Kier molecular flexibility index (Phi) is 7.19. The van der Waals surface area contributed by atoms with E-state index in [1.54, 1.807) is 11.4 Å². The number of carbonyl (C=O) groups is 1. The maximum Gasteiger partial charge on any atom is 0.252 e. The van der Waals surface area contributed by atoms with Crippen molar-refractivity contribution in [1.29, 1.82) is 0 Å². The molecular formula is C14H19NO3S. The molecule has 0 aromatic carbocycles. The van der Waals surface area contributed by atoms with Crippen molar-refractivity contribution in [3.05, 3.63) is 21.9 Å². The highest BCUT2D eigenvalue weighted by Crippen LogP contribution is 2.13. The van der Waals surface area contributed by atoms with Crippen molar-refractivity contribution < 1.29 is 14.6 Å². The van der Waals surface area contributed by atoms with Gasteiger partial charge in [-0.2, -0.15) is 0 Å². The summed E-state index contributed by atoms with van der Waals surface area (Å²) in [4.78, 5) is 12.7. The van der Waals surface area contributed by atoms with E-state index >= 15 is 0 Å². The summed E-state index contributed by atoms with van der Waals surface area (Å²) >= 11 is 1.43. The topological polar surface area (TPSA) is 58.6 Å². The highest BCUT2D eigenvalue weighted by atomic mass is 32.1. The number of amides is 1. The minimum Gasteiger partial charge on any atom is -0.395 e. The van der Waals surface area contributed by atoms with Crippen LogP contribution in [0, 0.1) is 11.8 Å². The van der Waals surface area contributed by atoms with Gasteiger partial charge >= 0.3 is 0 Å². The van der Waals surface area contributed by atoms with Crippen LogP contribution in [0.5, 0.6) is 0 Å². The molecule has 4 nitrogen and oxygen atoms in total. The van der Waals surface area contributed by atoms with Gasteiger partial charge in [0.1, 0.15) is 0 Å². The third-order valence-corrected chi connectivity index (χ3v) is 3.11. The number of hydrogen-bond donors (Lipinski definition) is 2. The summed E-state index contributed by atoms with van der Waals surface area (Å²) in [7, 11) is 0. The molecule has 0 aliphatic heterocycles. The van der Waals surface area contributed by atoms with Gasteiger partial charge in [-0.3, -0.25) is 4.79 Å². The smallest absolute Gasteiger partial charge is 0.252 e. The minimum absolute atomic E-state index is 0.0173. The van der Waals surface area contributed by atoms with E-state index in [0.29, 0.717) is 25.2 Å². The van der Waals surface area contributed by atoms with E-state index in [1.807, 2.05) is 13.8 Å². The highest BCUT2D eigenvalue weighted by Gasteiger charge is 2.11. The number of rotatable bonds is 6. The standard InChI is InChI=1S/C14H19NO3S/c1-3-18-9-11(2)15-14(17)12-8-13(19-10-12)6-4-5-7-16/h8,10-11,16H,3,5,7,9H2,1-2H3,(H,15,17). The van der Waals surface area contributed by atoms with Crippen LogP contribution < -0.4 is 5.32 Å². The van der Waals surface area contributed by atoms with Gasteiger partial charge in [-0.05, 0) is 19.9 Å². The summed E-state index contributed by atoms with van der Waals surface area (Å²) in [6, 6.07) is 1.74. The summed E-state index contributed by atoms with van der Waals surface area (Å²) in [5.41, 5.74) is 0.613. The lowest BCUT2D eigenvalue weighted by Gasteiger charge is -2.12. The highest BCUT2D eigenvalue weighted by molar-refractivity contribution is 7.10. The molecule has 19 heavy (non-hydrogen) atoms. The van der Waals surface area contributed by atoms with Crippen LogP contribution in [-0.4, -0.2) is 36.9 Å². The second-order valence-corrected chi connectivity index (χ2v) is 4.92. The summed E-state index contributed by atoms with van der Waals surface area (Å²) in [6.07, 6.45) is 0.449. The predicted molar refractivity (Wildman–Crippen MR) is 76.3 cm³/mol. The van der Waals surface area contributed by atoms with Crippen molar-refractivity contribution in [3.63, 3.8) is 0 Å². The monoisotopic (exact) mass is 281 g/mol. The molecule has 5 heteroatoms. The molecule has 1 aromatic rings. The van der Waals surface area contributed by atoms with Gasteiger partial charge in [0.05, 0.1) is 23.7 Å². The van der Waals surface area contributed by atoms with Crippen molar-refractivity contribution in [3.8, 4) is 11.8 Å². The van der Waals surface area contributed by atoms with Crippen LogP contribution in [0.1, 0.15) is 35.5 Å². The van der Waals surface area contributed by atoms with E-state index in [9.17, 15) is 4.79 Å². The van der Waals surface area contributed by atoms with E-state index in [0.717, 1.165) is 4.88 Å². The Labute approximate surface area is 117 Å². The fourth-order valence-electron chi connectivity index (χ4n) is 1.37. The van der Waals surface area contributed by atoms with Crippen LogP contribution >= 0.6 is 11.3 Å². The Bertz CT molecular complexity index is 459. The van der Waals surface area contributed by atoms with Crippen LogP contribution in [-0.2, 0) is 4.74 Å². The van der Waals surface area contributed by atoms with Crippen LogP contribution in [0.4, 0.5) is 0 Å². The summed E-state index contributed by atoms with van der Waals surface area (Å²) in [5, 5.41) is 13.3. The van der Waals surface area contributed by atoms with E-state index in [-0.39, 0.29) is 18.6 Å². The van der Waals surface area contributed by atoms with Crippen LogP contribution in [0.15, 0.2) is 11.4 Å². The Morgan fingerprint density at radius 3 is 3.11 bits per heavy atom. The molecule has 0 spiro atoms. The van der Waals surface area contributed by atoms with E-state index in [4.69, 9.17) is 9.84 Å². The second-order valence-electron chi connectivity index (χ2n) is 4.01. The van der Waals surface area contributed by atoms with Crippen molar-refractivity contribution in [2.75, 3.05) is 19.8 Å². The Hall–Kier alpha value is -1.35. The summed E-state index contributed by atoms with van der Waals surface area (Å²) < 4.78 is 5.24. The molecule has 0 aliphatic carbocycles. The first kappa shape index (κ1) is 15.7. The van der Waals surface area contributed by atoms with Gasteiger partial charge in [0.25, 0.3) is 5.91 Å². The van der Waals surface area contributed by atoms with Crippen molar-refractivity contribution in [1.82, 2.24) is 5.32 Å². The average molecular weight is 281 g/mol. The molecule has 0 saturated heterocycles. The van der Waals surface area contributed by atoms with E-state index in [2.05, 4.69) is 17.2 Å². The first-order chi connectivity index (χ1) is 9.17. The molecule has 1 atom stereocenters. The molecule has 1 unspecified atom stereocenters. The Balaban J connectivity index is 2.52. The lowest BCUT2D eigenvalue weighted by molar-refractivity contribution is 0.0872. The molecule has 104 valence electrons. The Morgan fingerprint density at radius 1 is 1.63 bits per heavy atom. The quantitative estimate of drug-likeness (QED) is 0.779. The number of carbonyl (C=O) groups excluding carboxylic acids is 1. The van der Waals surface area contributed by atoms with Gasteiger partial charge < -0.3 is 15.2 Å². The second kappa shape index (κ2) is 8.70. The van der Waals surface area contributed by atoms with Gasteiger partial charge in [0.15, 0.2) is 0 Å². The number of ether oxygens (including phenoxy) is 1. The first-order valence-electron chi connectivity index (χ1n) is 6.24. The molecule has 1 rings (SSSR count).